The van der Waals surface area contributed by atoms with Crippen LogP contribution in [0.4, 0.5) is 11.4 Å². The molecule has 0 radical (unpaired) electrons. The maximum absolute atomic E-state index is 12.7. The van der Waals surface area contributed by atoms with Crippen LogP contribution in [-0.4, -0.2) is 275 Å². The Kier molecular flexibility index (Phi) is 40.5. The normalized spacial score (nSPS) is 17.8. The minimum Gasteiger partial charge on any atom is -0.382 e. The second-order valence-electron chi connectivity index (χ2n) is 22.8. The lowest BCUT2D eigenvalue weighted by Crippen LogP contribution is -2.36. The summed E-state index contributed by atoms with van der Waals surface area (Å²) in [5.41, 5.74) is 2.71. The van der Waals surface area contributed by atoms with Crippen molar-refractivity contribution in [3.05, 3.63) is 108 Å². The van der Waals surface area contributed by atoms with Crippen LogP contribution in [0.15, 0.2) is 106 Å². The Morgan fingerprint density at radius 3 is 1.26 bits per heavy atom. The van der Waals surface area contributed by atoms with E-state index in [0.717, 1.165) is 17.0 Å². The minimum absolute atomic E-state index is 0.00897. The maximum Gasteiger partial charge on any atom is 0.335 e. The zero-order chi connectivity index (χ0) is 71.5. The van der Waals surface area contributed by atoms with Gasteiger partial charge in [0.1, 0.15) is 0 Å². The van der Waals surface area contributed by atoms with E-state index in [1.807, 2.05) is 67.5 Å². The summed E-state index contributed by atoms with van der Waals surface area (Å²) >= 11 is 0. The first kappa shape index (κ1) is 84.2. The first-order valence-electron chi connectivity index (χ1n) is 33.2. The second kappa shape index (κ2) is 47.7. The standard InChI is InChI=1S/C68H103N3O26S2/c1-67(20-25-85-36-41-93-48-45-89-32-29-81-3)56(55-69(61-15-13-57(53-59(61)67)98(75,76)77)22-27-87-38-43-95-50-47-91-34-31-83-5)11-9-7-6-8-10-12-63-68(2,21-26-86-37-42-94-49-46-90-33-30-82-4)60-54-58(99(78,79)80)14-16-62(60)70(63)23-28-88-39-44-96-52-51-92-40-35-84-24-19-66(74)97-71-64(72)17-18-65(71)73/h6-16,53-55H,17-52H2,1-5H3,(H,75,76,77)(H,78,79,80)/b7-6+,10-8+,11-9+,63-12+. The summed E-state index contributed by atoms with van der Waals surface area (Å²) < 4.78 is 161. The molecule has 29 nitrogen and oxygen atoms in total. The van der Waals surface area contributed by atoms with Gasteiger partial charge in [0.05, 0.1) is 195 Å². The van der Waals surface area contributed by atoms with Crippen molar-refractivity contribution in [3.63, 3.8) is 0 Å². The first-order valence-corrected chi connectivity index (χ1v) is 36.0. The Balaban J connectivity index is 1.30. The molecule has 3 heterocycles. The predicted molar refractivity (Wildman–Crippen MR) is 363 cm³/mol. The van der Waals surface area contributed by atoms with Gasteiger partial charge in [0.2, 0.25) is 0 Å². The molecule has 31 heteroatoms. The lowest BCUT2D eigenvalue weighted by atomic mass is 9.71. The molecule has 2 N–H and O–H groups in total. The van der Waals surface area contributed by atoms with E-state index in [-0.39, 0.29) is 95.1 Å². The molecule has 99 heavy (non-hydrogen) atoms. The molecular weight excluding hydrogens is 1340 g/mol. The third kappa shape index (κ3) is 30.6. The molecule has 3 aliphatic rings. The molecule has 2 unspecified atom stereocenters. The second-order valence-corrected chi connectivity index (χ2v) is 25.7. The Hall–Kier alpha value is -5.47. The van der Waals surface area contributed by atoms with Gasteiger partial charge in [-0.05, 0) is 78.9 Å². The van der Waals surface area contributed by atoms with Gasteiger partial charge in [-0.25, -0.2) is 4.79 Å². The highest BCUT2D eigenvalue weighted by molar-refractivity contribution is 7.86. The first-order chi connectivity index (χ1) is 47.9. The van der Waals surface area contributed by atoms with Crippen molar-refractivity contribution < 1.29 is 121 Å². The molecule has 2 atom stereocenters. The van der Waals surface area contributed by atoms with Crippen LogP contribution in [0.25, 0.3) is 0 Å². The smallest absolute Gasteiger partial charge is 0.335 e. The van der Waals surface area contributed by atoms with E-state index in [2.05, 4.69) is 4.90 Å². The van der Waals surface area contributed by atoms with E-state index < -0.39 is 48.8 Å². The predicted octanol–water partition coefficient (Wildman–Crippen LogP) is 5.40. The quantitative estimate of drug-likeness (QED) is 0.0362. The van der Waals surface area contributed by atoms with Crippen LogP contribution in [0.5, 0.6) is 0 Å². The minimum atomic E-state index is -4.60. The number of carbonyl (C=O) groups excluding carboxylic acids is 3. The Morgan fingerprint density at radius 2 is 0.818 bits per heavy atom. The Morgan fingerprint density at radius 1 is 0.455 bits per heavy atom. The summed E-state index contributed by atoms with van der Waals surface area (Å²) in [6, 6.07) is 9.12. The number of rotatable bonds is 58. The van der Waals surface area contributed by atoms with Crippen LogP contribution in [0, 0.1) is 0 Å². The van der Waals surface area contributed by atoms with Gasteiger partial charge >= 0.3 is 5.97 Å². The molecule has 1 fully saturated rings. The van der Waals surface area contributed by atoms with E-state index in [1.54, 1.807) is 33.5 Å². The molecule has 0 bridgehead atoms. The molecule has 0 spiro atoms. The van der Waals surface area contributed by atoms with E-state index in [9.17, 15) is 40.3 Å². The number of imide groups is 1. The molecule has 5 rings (SSSR count). The summed E-state index contributed by atoms with van der Waals surface area (Å²) in [5, 5.41) is 0.496. The lowest BCUT2D eigenvalue weighted by molar-refractivity contribution is -0.198. The molecule has 0 aromatic heterocycles. The van der Waals surface area contributed by atoms with Gasteiger partial charge in [0, 0.05) is 94.6 Å². The zero-order valence-electron chi connectivity index (χ0n) is 57.9. The molecule has 0 aliphatic carbocycles. The average molecular weight is 1440 g/mol. The van der Waals surface area contributed by atoms with Crippen LogP contribution in [-0.2, 0) is 126 Å². The molecule has 2 amide bonds. The number of benzene rings is 2. The summed E-state index contributed by atoms with van der Waals surface area (Å²) in [6.07, 6.45) is 15.9. The third-order valence-corrected chi connectivity index (χ3v) is 17.5. The van der Waals surface area contributed by atoms with E-state index >= 15 is 0 Å². The summed E-state index contributed by atoms with van der Waals surface area (Å²) in [6.45, 7) is 14.5. The monoisotopic (exact) mass is 1440 g/mol. The molecule has 558 valence electrons. The van der Waals surface area contributed by atoms with Gasteiger partial charge in [-0.2, -0.15) is 16.8 Å². The van der Waals surface area contributed by atoms with Crippen molar-refractivity contribution in [2.45, 2.75) is 66.6 Å². The molecule has 1 saturated heterocycles. The number of methoxy groups -OCH3 is 3. The largest absolute Gasteiger partial charge is 0.382 e. The number of hydrogen-bond acceptors (Lipinski definition) is 26. The number of amides is 2. The van der Waals surface area contributed by atoms with Crippen molar-refractivity contribution in [2.75, 3.05) is 236 Å². The van der Waals surface area contributed by atoms with Crippen molar-refractivity contribution >= 4 is 49.4 Å². The fourth-order valence-electron chi connectivity index (χ4n) is 10.4. The topological polar surface area (TPSA) is 327 Å². The lowest BCUT2D eigenvalue weighted by Gasteiger charge is -2.41. The van der Waals surface area contributed by atoms with Crippen LogP contribution in [0.1, 0.15) is 57.1 Å². The summed E-state index contributed by atoms with van der Waals surface area (Å²) in [7, 11) is -4.37. The van der Waals surface area contributed by atoms with Crippen molar-refractivity contribution in [1.82, 2.24) is 5.06 Å². The highest BCUT2D eigenvalue weighted by atomic mass is 32.2. The fourth-order valence-corrected chi connectivity index (χ4v) is 11.4. The zero-order valence-corrected chi connectivity index (χ0v) is 59.5. The van der Waals surface area contributed by atoms with Gasteiger partial charge < -0.3 is 90.4 Å². The average Bonchev–Trinajstić information content (AvgIpc) is 1.73. The Labute approximate surface area is 582 Å². The number of hydrogen-bond donors (Lipinski definition) is 2. The molecule has 2 aromatic carbocycles. The Bertz CT molecular complexity index is 3080. The van der Waals surface area contributed by atoms with Gasteiger partial charge in [-0.3, -0.25) is 18.7 Å². The highest BCUT2D eigenvalue weighted by Gasteiger charge is 2.44. The number of hydroxylamine groups is 2. The fraction of sp³-hybridized carbons (Fsp3) is 0.632. The van der Waals surface area contributed by atoms with Crippen LogP contribution < -0.4 is 9.80 Å². The SMILES string of the molecule is COCCOCCOCCOCCN1C=C(/C=C/C=C/C=C/C=C2/N(CCOCCOCCOCCOCCC(=O)ON3C(=O)CCC3=O)c3ccc(S(=O)(=O)O)cc3C2(C)CCOCCOCCOCCOC)C(C)(CCOCCOCCOCCOC)c2cc(S(=O)(=O)O)ccc21. The molecule has 0 saturated carbocycles. The maximum atomic E-state index is 12.7. The van der Waals surface area contributed by atoms with Crippen molar-refractivity contribution in [3.8, 4) is 0 Å². The number of allylic oxidation sites excluding steroid dienone is 9. The number of fused-ring (bicyclic) bond motifs is 2. The van der Waals surface area contributed by atoms with Crippen LogP contribution >= 0.6 is 0 Å². The number of ether oxygens (including phenoxy) is 16. The highest BCUT2D eigenvalue weighted by Crippen LogP contribution is 2.51. The number of carbonyl (C=O) groups is 3. The van der Waals surface area contributed by atoms with Crippen LogP contribution in [0.3, 0.4) is 0 Å². The van der Waals surface area contributed by atoms with Crippen LogP contribution in [0.2, 0.25) is 0 Å². The number of anilines is 2. The van der Waals surface area contributed by atoms with E-state index in [4.69, 9.17) is 80.6 Å². The van der Waals surface area contributed by atoms with Crippen molar-refractivity contribution in [2.24, 2.45) is 0 Å². The number of nitrogens with zero attached hydrogens (tertiary/aromatic N) is 3. The summed E-state index contributed by atoms with van der Waals surface area (Å²) in [4.78, 5) is 43.7. The van der Waals surface area contributed by atoms with E-state index in [0.29, 0.717) is 173 Å². The van der Waals surface area contributed by atoms with Gasteiger partial charge in [-0.15, -0.1) is 5.06 Å². The van der Waals surface area contributed by atoms with E-state index in [1.165, 1.54) is 24.3 Å². The third-order valence-electron chi connectivity index (χ3n) is 15.8. The molecule has 3 aliphatic heterocycles. The summed E-state index contributed by atoms with van der Waals surface area (Å²) in [5.74, 6) is -1.86. The van der Waals surface area contributed by atoms with Gasteiger partial charge in [0.15, 0.2) is 0 Å². The molecule has 2 aromatic rings. The van der Waals surface area contributed by atoms with Crippen molar-refractivity contribution in [1.29, 1.82) is 0 Å². The van der Waals surface area contributed by atoms with Gasteiger partial charge in [-0.1, -0.05) is 43.4 Å². The van der Waals surface area contributed by atoms with Gasteiger partial charge in [0.25, 0.3) is 32.1 Å². The molecular formula is C68H103N3O26S2.